The van der Waals surface area contributed by atoms with Crippen LogP contribution in [0.2, 0.25) is 0 Å². The van der Waals surface area contributed by atoms with E-state index >= 15 is 0 Å². The molecule has 0 radical (unpaired) electrons. The van der Waals surface area contributed by atoms with Crippen LogP contribution in [0.3, 0.4) is 0 Å². The highest BCUT2D eigenvalue weighted by Gasteiger charge is 2.41. The first-order valence-corrected chi connectivity index (χ1v) is 7.69. The van der Waals surface area contributed by atoms with Crippen molar-refractivity contribution in [1.29, 1.82) is 0 Å². The molecule has 0 saturated heterocycles. The van der Waals surface area contributed by atoms with Crippen LogP contribution in [0.25, 0.3) is 0 Å². The van der Waals surface area contributed by atoms with Crippen LogP contribution in [0.1, 0.15) is 18.9 Å². The lowest BCUT2D eigenvalue weighted by atomic mass is 10.0. The Kier molecular flexibility index (Phi) is 5.47. The number of methoxy groups -OCH3 is 1. The summed E-state index contributed by atoms with van der Waals surface area (Å²) in [6, 6.07) is 3.84. The van der Waals surface area contributed by atoms with Crippen LogP contribution in [0.15, 0.2) is 23.1 Å². The first kappa shape index (κ1) is 18.3. The van der Waals surface area contributed by atoms with Gasteiger partial charge in [-0.2, -0.15) is 4.72 Å². The first-order chi connectivity index (χ1) is 10.0. The summed E-state index contributed by atoms with van der Waals surface area (Å²) in [6.45, 7) is 2.45. The van der Waals surface area contributed by atoms with Crippen molar-refractivity contribution in [3.05, 3.63) is 23.8 Å². The Labute approximate surface area is 127 Å². The molecule has 9 heteroatoms. The molecule has 0 spiro atoms. The number of sulfonamides is 1. The molecule has 0 aliphatic carbocycles. The molecule has 0 saturated carbocycles. The third-order valence-electron chi connectivity index (χ3n) is 3.04. The fourth-order valence-electron chi connectivity index (χ4n) is 1.86. The van der Waals surface area contributed by atoms with Crippen LogP contribution in [0, 0.1) is 6.92 Å². The topological polar surface area (TPSA) is 92.7 Å². The second-order valence-electron chi connectivity index (χ2n) is 5.03. The van der Waals surface area contributed by atoms with Gasteiger partial charge in [-0.25, -0.2) is 17.2 Å². The number of nitrogens with one attached hydrogen (secondary N) is 1. The van der Waals surface area contributed by atoms with Gasteiger partial charge in [0.05, 0.1) is 18.4 Å². The fraction of sp³-hybridized carbons (Fsp3) is 0.462. The molecule has 0 amide bonds. The van der Waals surface area contributed by atoms with Crippen LogP contribution in [0.5, 0.6) is 5.75 Å². The number of carbonyl (C=O) groups is 1. The van der Waals surface area contributed by atoms with Gasteiger partial charge in [0, 0.05) is 0 Å². The van der Waals surface area contributed by atoms with Gasteiger partial charge >= 0.3 is 5.97 Å². The molecule has 0 aliphatic heterocycles. The maximum atomic E-state index is 13.1. The molecule has 22 heavy (non-hydrogen) atoms. The number of aryl methyl sites for hydroxylation is 1. The van der Waals surface area contributed by atoms with Crippen molar-refractivity contribution in [3.63, 3.8) is 0 Å². The number of benzene rings is 1. The highest BCUT2D eigenvalue weighted by molar-refractivity contribution is 7.89. The molecule has 1 rings (SSSR count). The third-order valence-corrected chi connectivity index (χ3v) is 4.65. The van der Waals surface area contributed by atoms with Gasteiger partial charge in [0.2, 0.25) is 10.0 Å². The van der Waals surface area contributed by atoms with E-state index in [1.165, 1.54) is 25.3 Å². The summed E-state index contributed by atoms with van der Waals surface area (Å²) in [5.41, 5.74) is -1.90. The Balaban J connectivity index is 3.18. The zero-order valence-corrected chi connectivity index (χ0v) is 13.1. The number of hydrogen-bond acceptors (Lipinski definition) is 4. The van der Waals surface area contributed by atoms with E-state index < -0.39 is 34.4 Å². The fourth-order valence-corrected chi connectivity index (χ4v) is 3.33. The maximum Gasteiger partial charge on any atom is 0.305 e. The molecule has 124 valence electrons. The SMILES string of the molecule is COc1ccc(S(=O)(=O)NC(C)(CC(=O)O)C(F)F)cc1C. The summed E-state index contributed by atoms with van der Waals surface area (Å²) < 4.78 is 57.3. The Hall–Kier alpha value is -1.74. The van der Waals surface area contributed by atoms with E-state index in [1.807, 2.05) is 0 Å². The Morgan fingerprint density at radius 1 is 1.45 bits per heavy atom. The van der Waals surface area contributed by atoms with Crippen molar-refractivity contribution in [3.8, 4) is 5.75 Å². The summed E-state index contributed by atoms with van der Waals surface area (Å²) >= 11 is 0. The van der Waals surface area contributed by atoms with Crippen molar-refractivity contribution < 1.29 is 31.8 Å². The minimum atomic E-state index is -4.30. The van der Waals surface area contributed by atoms with Crippen molar-refractivity contribution in [2.45, 2.75) is 37.1 Å². The number of ether oxygens (including phenoxy) is 1. The normalized spacial score (nSPS) is 14.6. The molecule has 0 heterocycles. The van der Waals surface area contributed by atoms with Crippen molar-refractivity contribution >= 4 is 16.0 Å². The highest BCUT2D eigenvalue weighted by Crippen LogP contribution is 2.25. The molecule has 1 aromatic rings. The quantitative estimate of drug-likeness (QED) is 0.791. The highest BCUT2D eigenvalue weighted by atomic mass is 32.2. The number of aliphatic carboxylic acids is 1. The average Bonchev–Trinajstić information content (AvgIpc) is 2.36. The van der Waals surface area contributed by atoms with Gasteiger partial charge in [0.25, 0.3) is 6.43 Å². The van der Waals surface area contributed by atoms with E-state index in [1.54, 1.807) is 11.6 Å². The molecule has 1 atom stereocenters. The number of alkyl halides is 2. The van der Waals surface area contributed by atoms with Crippen molar-refractivity contribution in [2.75, 3.05) is 7.11 Å². The van der Waals surface area contributed by atoms with E-state index in [9.17, 15) is 22.0 Å². The van der Waals surface area contributed by atoms with Crippen LogP contribution in [-0.4, -0.2) is 38.6 Å². The number of rotatable bonds is 7. The van der Waals surface area contributed by atoms with E-state index in [0.717, 1.165) is 6.92 Å². The lowest BCUT2D eigenvalue weighted by Crippen LogP contribution is -2.52. The van der Waals surface area contributed by atoms with E-state index in [2.05, 4.69) is 0 Å². The Morgan fingerprint density at radius 3 is 2.45 bits per heavy atom. The second-order valence-corrected chi connectivity index (χ2v) is 6.71. The molecule has 6 nitrogen and oxygen atoms in total. The molecule has 1 aromatic carbocycles. The smallest absolute Gasteiger partial charge is 0.305 e. The molecule has 0 bridgehead atoms. The number of halogens is 2. The van der Waals surface area contributed by atoms with Gasteiger partial charge in [-0.05, 0) is 37.6 Å². The molecular formula is C13H17F2NO5S. The predicted molar refractivity (Wildman–Crippen MR) is 74.7 cm³/mol. The predicted octanol–water partition coefficient (Wildman–Crippen LogP) is 1.78. The van der Waals surface area contributed by atoms with Gasteiger partial charge in [0.15, 0.2) is 0 Å². The molecule has 0 aromatic heterocycles. The average molecular weight is 337 g/mol. The maximum absolute atomic E-state index is 13.1. The van der Waals surface area contributed by atoms with Crippen LogP contribution < -0.4 is 9.46 Å². The van der Waals surface area contributed by atoms with E-state index in [0.29, 0.717) is 11.3 Å². The minimum Gasteiger partial charge on any atom is -0.496 e. The van der Waals surface area contributed by atoms with Gasteiger partial charge in [-0.3, -0.25) is 4.79 Å². The lowest BCUT2D eigenvalue weighted by Gasteiger charge is -2.28. The Bertz CT molecular complexity index is 662. The van der Waals surface area contributed by atoms with Crippen LogP contribution >= 0.6 is 0 Å². The summed E-state index contributed by atoms with van der Waals surface area (Å²) in [4.78, 5) is 10.4. The summed E-state index contributed by atoms with van der Waals surface area (Å²) in [5, 5.41) is 8.69. The minimum absolute atomic E-state index is 0.247. The first-order valence-electron chi connectivity index (χ1n) is 6.20. The molecular weight excluding hydrogens is 320 g/mol. The van der Waals surface area contributed by atoms with Gasteiger partial charge in [0.1, 0.15) is 11.3 Å². The van der Waals surface area contributed by atoms with E-state index in [-0.39, 0.29) is 4.90 Å². The number of hydrogen-bond donors (Lipinski definition) is 2. The van der Waals surface area contributed by atoms with Crippen molar-refractivity contribution in [2.24, 2.45) is 0 Å². The number of carboxylic acid groups (broad SMARTS) is 1. The largest absolute Gasteiger partial charge is 0.496 e. The van der Waals surface area contributed by atoms with Crippen LogP contribution in [-0.2, 0) is 14.8 Å². The Morgan fingerprint density at radius 2 is 2.05 bits per heavy atom. The van der Waals surface area contributed by atoms with E-state index in [4.69, 9.17) is 9.84 Å². The zero-order valence-electron chi connectivity index (χ0n) is 12.3. The zero-order chi connectivity index (χ0) is 17.1. The van der Waals surface area contributed by atoms with Crippen molar-refractivity contribution in [1.82, 2.24) is 4.72 Å². The molecule has 2 N–H and O–H groups in total. The number of carboxylic acids is 1. The van der Waals surface area contributed by atoms with Gasteiger partial charge in [-0.1, -0.05) is 0 Å². The third kappa shape index (κ3) is 4.14. The molecule has 0 aliphatic rings. The standard InChI is InChI=1S/C13H17F2NO5S/c1-8-6-9(4-5-10(8)21-3)22(19,20)16-13(2,12(14)15)7-11(17)18/h4-6,12,16H,7H2,1-3H3,(H,17,18). The molecule has 0 fully saturated rings. The summed E-state index contributed by atoms with van der Waals surface area (Å²) in [5.74, 6) is -1.09. The van der Waals surface area contributed by atoms with Gasteiger partial charge < -0.3 is 9.84 Å². The lowest BCUT2D eigenvalue weighted by molar-refractivity contribution is -0.140. The summed E-state index contributed by atoms with van der Waals surface area (Å²) in [7, 11) is -2.89. The van der Waals surface area contributed by atoms with Gasteiger partial charge in [-0.15, -0.1) is 0 Å². The summed E-state index contributed by atoms with van der Waals surface area (Å²) in [6.07, 6.45) is -4.23. The monoisotopic (exact) mass is 337 g/mol. The second kappa shape index (κ2) is 6.57. The van der Waals surface area contributed by atoms with Crippen LogP contribution in [0.4, 0.5) is 8.78 Å². The molecule has 1 unspecified atom stereocenters.